The summed E-state index contributed by atoms with van der Waals surface area (Å²) in [5.41, 5.74) is 3.51. The van der Waals surface area contributed by atoms with Crippen LogP contribution in [0.15, 0.2) is 36.4 Å². The smallest absolute Gasteiger partial charge is 0.220 e. The highest BCUT2D eigenvalue weighted by molar-refractivity contribution is 5.76. The average molecular weight is 426 g/mol. The van der Waals surface area contributed by atoms with Crippen molar-refractivity contribution in [1.82, 2.24) is 5.32 Å². The van der Waals surface area contributed by atoms with Crippen LogP contribution in [0.1, 0.15) is 64.2 Å². The molecule has 1 N–H and O–H groups in total. The lowest BCUT2D eigenvalue weighted by molar-refractivity contribution is -0.121. The summed E-state index contributed by atoms with van der Waals surface area (Å²) in [5.74, 6) is 2.55. The second-order valence-electron chi connectivity index (χ2n) is 9.14. The van der Waals surface area contributed by atoms with Gasteiger partial charge in [-0.2, -0.15) is 0 Å². The largest absolute Gasteiger partial charge is 0.494 e. The van der Waals surface area contributed by atoms with Crippen molar-refractivity contribution >= 4 is 5.91 Å². The van der Waals surface area contributed by atoms with Crippen LogP contribution in [0.5, 0.6) is 17.2 Å². The molecule has 1 heterocycles. The molecular weight excluding hydrogens is 390 g/mol. The number of rotatable bonds is 9. The molecule has 1 amide bonds. The Bertz CT molecular complexity index is 884. The number of hydrogen-bond acceptors (Lipinski definition) is 4. The first-order valence-electron chi connectivity index (χ1n) is 11.2. The van der Waals surface area contributed by atoms with E-state index in [-0.39, 0.29) is 17.4 Å². The monoisotopic (exact) mass is 425 g/mol. The molecule has 168 valence electrons. The Balaban J connectivity index is 1.44. The van der Waals surface area contributed by atoms with Gasteiger partial charge in [-0.3, -0.25) is 4.79 Å². The van der Waals surface area contributed by atoms with Crippen molar-refractivity contribution < 1.29 is 19.0 Å². The Labute approximate surface area is 186 Å². The van der Waals surface area contributed by atoms with Gasteiger partial charge in [-0.25, -0.2) is 0 Å². The molecule has 1 aliphatic rings. The standard InChI is InChI=1S/C26H35NO4/c1-6-29-23-15-19-14-18(2)31-24(19)16-20(23)17-27-25(28)8-7-13-30-22-11-9-21(10-12-22)26(3,4)5/h9-12,15-16,18H,6-8,13-14,17H2,1-5H3,(H,27,28)/t18-/m0/s1. The minimum absolute atomic E-state index is 0.00362. The van der Waals surface area contributed by atoms with Crippen LogP contribution in [0.4, 0.5) is 0 Å². The summed E-state index contributed by atoms with van der Waals surface area (Å²) < 4.78 is 17.4. The molecule has 1 aliphatic heterocycles. The number of hydrogen-bond donors (Lipinski definition) is 1. The van der Waals surface area contributed by atoms with E-state index in [1.807, 2.05) is 31.2 Å². The number of fused-ring (bicyclic) bond motifs is 1. The highest BCUT2D eigenvalue weighted by Gasteiger charge is 2.22. The van der Waals surface area contributed by atoms with E-state index in [4.69, 9.17) is 14.2 Å². The van der Waals surface area contributed by atoms with E-state index in [0.717, 1.165) is 29.2 Å². The van der Waals surface area contributed by atoms with Gasteiger partial charge in [0.2, 0.25) is 5.91 Å². The van der Waals surface area contributed by atoms with Gasteiger partial charge in [0.1, 0.15) is 23.4 Å². The second kappa shape index (κ2) is 10.1. The molecule has 0 aliphatic carbocycles. The summed E-state index contributed by atoms with van der Waals surface area (Å²) in [7, 11) is 0. The predicted molar refractivity (Wildman–Crippen MR) is 123 cm³/mol. The third kappa shape index (κ3) is 6.39. The molecule has 3 rings (SSSR count). The highest BCUT2D eigenvalue weighted by Crippen LogP contribution is 2.35. The van der Waals surface area contributed by atoms with Crippen molar-refractivity contribution in [2.24, 2.45) is 0 Å². The molecule has 0 saturated carbocycles. The van der Waals surface area contributed by atoms with Crippen molar-refractivity contribution in [3.63, 3.8) is 0 Å². The molecule has 0 fully saturated rings. The first-order valence-corrected chi connectivity index (χ1v) is 11.2. The van der Waals surface area contributed by atoms with Crippen LogP contribution in [0.25, 0.3) is 0 Å². The minimum atomic E-state index is 0.00362. The summed E-state index contributed by atoms with van der Waals surface area (Å²) in [6.07, 6.45) is 2.15. The Hall–Kier alpha value is -2.69. The molecule has 0 spiro atoms. The molecule has 5 nitrogen and oxygen atoms in total. The van der Waals surface area contributed by atoms with E-state index in [1.165, 1.54) is 11.1 Å². The Morgan fingerprint density at radius 3 is 2.58 bits per heavy atom. The molecule has 5 heteroatoms. The Kier molecular flexibility index (Phi) is 7.47. The van der Waals surface area contributed by atoms with Crippen LogP contribution in [-0.2, 0) is 23.2 Å². The lowest BCUT2D eigenvalue weighted by Crippen LogP contribution is -2.23. The molecule has 0 saturated heterocycles. The van der Waals surface area contributed by atoms with Crippen LogP contribution < -0.4 is 19.5 Å². The average Bonchev–Trinajstić information content (AvgIpc) is 3.08. The van der Waals surface area contributed by atoms with E-state index < -0.39 is 0 Å². The number of nitrogens with one attached hydrogen (secondary N) is 1. The van der Waals surface area contributed by atoms with Crippen molar-refractivity contribution in [3.8, 4) is 17.2 Å². The Morgan fingerprint density at radius 1 is 1.16 bits per heavy atom. The highest BCUT2D eigenvalue weighted by atomic mass is 16.5. The summed E-state index contributed by atoms with van der Waals surface area (Å²) in [6.45, 7) is 12.1. The van der Waals surface area contributed by atoms with Gasteiger partial charge >= 0.3 is 0 Å². The van der Waals surface area contributed by atoms with Gasteiger partial charge < -0.3 is 19.5 Å². The minimum Gasteiger partial charge on any atom is -0.494 e. The van der Waals surface area contributed by atoms with Crippen LogP contribution in [0, 0.1) is 0 Å². The van der Waals surface area contributed by atoms with Crippen molar-refractivity contribution in [2.75, 3.05) is 13.2 Å². The normalized spacial score (nSPS) is 15.2. The van der Waals surface area contributed by atoms with Crippen molar-refractivity contribution in [3.05, 3.63) is 53.1 Å². The first kappa shape index (κ1) is 23.0. The number of ether oxygens (including phenoxy) is 3. The topological polar surface area (TPSA) is 56.8 Å². The predicted octanol–water partition coefficient (Wildman–Crippen LogP) is 5.18. The van der Waals surface area contributed by atoms with Gasteiger partial charge in [0, 0.05) is 30.5 Å². The lowest BCUT2D eigenvalue weighted by Gasteiger charge is -2.19. The quantitative estimate of drug-likeness (QED) is 0.562. The lowest BCUT2D eigenvalue weighted by atomic mass is 9.87. The molecule has 0 bridgehead atoms. The Morgan fingerprint density at radius 2 is 1.90 bits per heavy atom. The van der Waals surface area contributed by atoms with Gasteiger partial charge in [-0.05, 0) is 55.5 Å². The number of carbonyl (C=O) groups is 1. The number of amides is 1. The fourth-order valence-corrected chi connectivity index (χ4v) is 3.67. The van der Waals surface area contributed by atoms with Gasteiger partial charge in [0.05, 0.1) is 13.2 Å². The molecule has 0 radical (unpaired) electrons. The summed E-state index contributed by atoms with van der Waals surface area (Å²) in [6, 6.07) is 12.2. The van der Waals surface area contributed by atoms with Crippen LogP contribution in [-0.4, -0.2) is 25.2 Å². The molecule has 0 aromatic heterocycles. The third-order valence-electron chi connectivity index (χ3n) is 5.39. The maximum atomic E-state index is 12.3. The van der Waals surface area contributed by atoms with E-state index >= 15 is 0 Å². The van der Waals surface area contributed by atoms with Gasteiger partial charge in [0.15, 0.2) is 0 Å². The van der Waals surface area contributed by atoms with E-state index in [0.29, 0.717) is 32.6 Å². The SMILES string of the molecule is CCOc1cc2c(cc1CNC(=O)CCCOc1ccc(C(C)(C)C)cc1)O[C@@H](C)C2. The zero-order chi connectivity index (χ0) is 22.4. The zero-order valence-electron chi connectivity index (χ0n) is 19.4. The van der Waals surface area contributed by atoms with Crippen molar-refractivity contribution in [2.45, 2.75) is 71.9 Å². The maximum absolute atomic E-state index is 12.3. The van der Waals surface area contributed by atoms with Gasteiger partial charge in [-0.1, -0.05) is 32.9 Å². The zero-order valence-corrected chi connectivity index (χ0v) is 19.4. The summed E-state index contributed by atoms with van der Waals surface area (Å²) in [5, 5.41) is 2.99. The fraction of sp³-hybridized carbons (Fsp3) is 0.500. The number of carbonyl (C=O) groups excluding carboxylic acids is 1. The summed E-state index contributed by atoms with van der Waals surface area (Å²) in [4.78, 5) is 12.3. The van der Waals surface area contributed by atoms with Crippen LogP contribution in [0.2, 0.25) is 0 Å². The first-order chi connectivity index (χ1) is 14.8. The molecular formula is C26H35NO4. The van der Waals surface area contributed by atoms with Gasteiger partial charge in [-0.15, -0.1) is 0 Å². The van der Waals surface area contributed by atoms with Crippen molar-refractivity contribution in [1.29, 1.82) is 0 Å². The van der Waals surface area contributed by atoms with E-state index in [9.17, 15) is 4.79 Å². The fourth-order valence-electron chi connectivity index (χ4n) is 3.67. The second-order valence-corrected chi connectivity index (χ2v) is 9.14. The molecule has 31 heavy (non-hydrogen) atoms. The summed E-state index contributed by atoms with van der Waals surface area (Å²) >= 11 is 0. The molecule has 0 unspecified atom stereocenters. The van der Waals surface area contributed by atoms with E-state index in [2.05, 4.69) is 45.1 Å². The van der Waals surface area contributed by atoms with Crippen LogP contribution in [0.3, 0.4) is 0 Å². The molecule has 2 aromatic carbocycles. The molecule has 1 atom stereocenters. The van der Waals surface area contributed by atoms with Crippen LogP contribution >= 0.6 is 0 Å². The van der Waals surface area contributed by atoms with Gasteiger partial charge in [0.25, 0.3) is 0 Å². The maximum Gasteiger partial charge on any atom is 0.220 e. The third-order valence-corrected chi connectivity index (χ3v) is 5.39. The number of benzene rings is 2. The van der Waals surface area contributed by atoms with E-state index in [1.54, 1.807) is 0 Å². The molecule has 2 aromatic rings.